The molecule has 0 radical (unpaired) electrons. The van der Waals surface area contributed by atoms with Crippen molar-refractivity contribution in [2.45, 2.75) is 26.4 Å². The van der Waals surface area contributed by atoms with Crippen LogP contribution in [0.1, 0.15) is 19.4 Å². The minimum Gasteiger partial charge on any atom is -0.352 e. The third-order valence-electron chi connectivity index (χ3n) is 3.56. The van der Waals surface area contributed by atoms with Gasteiger partial charge >= 0.3 is 0 Å². The zero-order valence-corrected chi connectivity index (χ0v) is 11.8. The summed E-state index contributed by atoms with van der Waals surface area (Å²) in [4.78, 5) is 13.2. The molecule has 0 aliphatic carbocycles. The van der Waals surface area contributed by atoms with Gasteiger partial charge in [0.2, 0.25) is 5.95 Å². The Morgan fingerprint density at radius 2 is 2.14 bits per heavy atom. The second-order valence-corrected chi connectivity index (χ2v) is 5.50. The SMILES string of the molecule is CC(C)Nc1ncc2nc3n(c2n1)Cc1cccc(F)c1-3. The summed E-state index contributed by atoms with van der Waals surface area (Å²) in [6.07, 6.45) is 1.68. The van der Waals surface area contributed by atoms with Crippen LogP contribution in [0.2, 0.25) is 0 Å². The Morgan fingerprint density at radius 3 is 2.95 bits per heavy atom. The Labute approximate surface area is 120 Å². The molecule has 3 aromatic rings. The fourth-order valence-electron chi connectivity index (χ4n) is 2.71. The second kappa shape index (κ2) is 4.25. The highest BCUT2D eigenvalue weighted by Crippen LogP contribution is 2.35. The number of nitrogens with zero attached hydrogens (tertiary/aromatic N) is 4. The summed E-state index contributed by atoms with van der Waals surface area (Å²) < 4.78 is 16.0. The summed E-state index contributed by atoms with van der Waals surface area (Å²) in [7, 11) is 0. The van der Waals surface area contributed by atoms with Gasteiger partial charge in [-0.3, -0.25) is 0 Å². The van der Waals surface area contributed by atoms with Crippen LogP contribution in [0, 0.1) is 5.82 Å². The molecule has 0 bridgehead atoms. The first-order chi connectivity index (χ1) is 10.1. The summed E-state index contributed by atoms with van der Waals surface area (Å²) in [6.45, 7) is 4.65. The standard InChI is InChI=1S/C15H14FN5/c1-8(2)18-15-17-6-11-13(20-15)21-7-9-4-3-5-10(16)12(9)14(21)19-11/h3-6,8H,7H2,1-2H3,(H,17,18,20). The molecule has 1 N–H and O–H groups in total. The number of halogens is 1. The van der Waals surface area contributed by atoms with Crippen molar-refractivity contribution in [2.75, 3.05) is 5.32 Å². The molecule has 0 spiro atoms. The van der Waals surface area contributed by atoms with Crippen molar-refractivity contribution >= 4 is 17.1 Å². The summed E-state index contributed by atoms with van der Waals surface area (Å²) in [6, 6.07) is 5.36. The molecule has 4 rings (SSSR count). The summed E-state index contributed by atoms with van der Waals surface area (Å²) in [5.41, 5.74) is 2.94. The van der Waals surface area contributed by atoms with Gasteiger partial charge in [-0.1, -0.05) is 12.1 Å². The van der Waals surface area contributed by atoms with Gasteiger partial charge in [-0.15, -0.1) is 0 Å². The molecule has 0 amide bonds. The molecule has 6 heteroatoms. The van der Waals surface area contributed by atoms with Gasteiger partial charge in [-0.05, 0) is 25.5 Å². The molecule has 0 unspecified atom stereocenters. The van der Waals surface area contributed by atoms with Crippen LogP contribution in [0.25, 0.3) is 22.6 Å². The van der Waals surface area contributed by atoms with E-state index in [1.807, 2.05) is 24.5 Å². The van der Waals surface area contributed by atoms with Crippen LogP contribution in [0.4, 0.5) is 10.3 Å². The number of fused-ring (bicyclic) bond motifs is 5. The van der Waals surface area contributed by atoms with E-state index < -0.39 is 0 Å². The van der Waals surface area contributed by atoms with Crippen LogP contribution in [-0.4, -0.2) is 25.6 Å². The van der Waals surface area contributed by atoms with Crippen LogP contribution in [0.15, 0.2) is 24.4 Å². The Morgan fingerprint density at radius 1 is 1.29 bits per heavy atom. The molecule has 1 aliphatic rings. The second-order valence-electron chi connectivity index (χ2n) is 5.50. The van der Waals surface area contributed by atoms with E-state index in [1.54, 1.807) is 12.3 Å². The van der Waals surface area contributed by atoms with E-state index in [4.69, 9.17) is 0 Å². The highest BCUT2D eigenvalue weighted by atomic mass is 19.1. The maximum atomic E-state index is 14.0. The third kappa shape index (κ3) is 1.79. The molecule has 5 nitrogen and oxygen atoms in total. The first-order valence-electron chi connectivity index (χ1n) is 6.91. The van der Waals surface area contributed by atoms with Crippen LogP contribution >= 0.6 is 0 Å². The number of hydrogen-bond donors (Lipinski definition) is 1. The quantitative estimate of drug-likeness (QED) is 0.614. The molecule has 1 aromatic carbocycles. The maximum Gasteiger partial charge on any atom is 0.224 e. The van der Waals surface area contributed by atoms with Crippen LogP contribution in [-0.2, 0) is 6.54 Å². The largest absolute Gasteiger partial charge is 0.352 e. The number of hydrogen-bond acceptors (Lipinski definition) is 4. The van der Waals surface area contributed by atoms with Crippen molar-refractivity contribution in [3.63, 3.8) is 0 Å². The van der Waals surface area contributed by atoms with Crippen molar-refractivity contribution < 1.29 is 4.39 Å². The molecule has 0 saturated heterocycles. The summed E-state index contributed by atoms with van der Waals surface area (Å²) in [5, 5.41) is 3.17. The molecule has 2 aromatic heterocycles. The lowest BCUT2D eigenvalue weighted by atomic mass is 10.1. The number of nitrogens with one attached hydrogen (secondary N) is 1. The Balaban J connectivity index is 1.91. The van der Waals surface area contributed by atoms with Crippen LogP contribution in [0.5, 0.6) is 0 Å². The first kappa shape index (κ1) is 12.3. The first-order valence-corrected chi connectivity index (χ1v) is 6.91. The van der Waals surface area contributed by atoms with Crippen molar-refractivity contribution in [1.82, 2.24) is 19.5 Å². The van der Waals surface area contributed by atoms with E-state index in [0.29, 0.717) is 29.4 Å². The lowest BCUT2D eigenvalue weighted by Crippen LogP contribution is -2.12. The third-order valence-corrected chi connectivity index (χ3v) is 3.56. The van der Waals surface area contributed by atoms with E-state index in [0.717, 1.165) is 11.2 Å². The maximum absolute atomic E-state index is 14.0. The van der Waals surface area contributed by atoms with Gasteiger partial charge < -0.3 is 9.88 Å². The molecule has 106 valence electrons. The van der Waals surface area contributed by atoms with E-state index in [9.17, 15) is 4.39 Å². The molecular formula is C15H14FN5. The topological polar surface area (TPSA) is 55.6 Å². The molecule has 0 atom stereocenters. The lowest BCUT2D eigenvalue weighted by molar-refractivity contribution is 0.630. The minimum absolute atomic E-state index is 0.241. The van der Waals surface area contributed by atoms with Gasteiger partial charge in [0.15, 0.2) is 5.65 Å². The van der Waals surface area contributed by atoms with Gasteiger partial charge in [-0.25, -0.2) is 14.4 Å². The molecule has 0 saturated carbocycles. The van der Waals surface area contributed by atoms with Gasteiger partial charge in [-0.2, -0.15) is 4.98 Å². The van der Waals surface area contributed by atoms with Gasteiger partial charge in [0.1, 0.15) is 17.2 Å². The van der Waals surface area contributed by atoms with Crippen molar-refractivity contribution in [3.8, 4) is 11.4 Å². The number of rotatable bonds is 2. The number of anilines is 1. The predicted octanol–water partition coefficient (Wildman–Crippen LogP) is 2.81. The van der Waals surface area contributed by atoms with Gasteiger partial charge in [0, 0.05) is 6.04 Å². The summed E-state index contributed by atoms with van der Waals surface area (Å²) in [5.74, 6) is 0.959. The highest BCUT2D eigenvalue weighted by molar-refractivity contribution is 5.81. The molecule has 0 fully saturated rings. The molecule has 21 heavy (non-hydrogen) atoms. The van der Waals surface area contributed by atoms with Crippen molar-refractivity contribution in [1.29, 1.82) is 0 Å². The van der Waals surface area contributed by atoms with Crippen molar-refractivity contribution in [3.05, 3.63) is 35.8 Å². The fraction of sp³-hybridized carbons (Fsp3) is 0.267. The number of aromatic nitrogens is 4. The Kier molecular flexibility index (Phi) is 2.48. The van der Waals surface area contributed by atoms with E-state index >= 15 is 0 Å². The predicted molar refractivity (Wildman–Crippen MR) is 78.6 cm³/mol. The van der Waals surface area contributed by atoms with Gasteiger partial charge in [0.05, 0.1) is 18.3 Å². The molecular weight excluding hydrogens is 269 g/mol. The Bertz CT molecular complexity index is 853. The van der Waals surface area contributed by atoms with Crippen LogP contribution < -0.4 is 5.32 Å². The lowest BCUT2D eigenvalue weighted by Gasteiger charge is -2.07. The smallest absolute Gasteiger partial charge is 0.224 e. The zero-order valence-electron chi connectivity index (χ0n) is 11.8. The van der Waals surface area contributed by atoms with Crippen LogP contribution in [0.3, 0.4) is 0 Å². The Hall–Kier alpha value is -2.50. The fourth-order valence-corrected chi connectivity index (χ4v) is 2.71. The van der Waals surface area contributed by atoms with Crippen molar-refractivity contribution in [2.24, 2.45) is 0 Å². The highest BCUT2D eigenvalue weighted by Gasteiger charge is 2.26. The molecule has 1 aliphatic heterocycles. The average molecular weight is 283 g/mol. The van der Waals surface area contributed by atoms with E-state index in [-0.39, 0.29) is 11.9 Å². The van der Waals surface area contributed by atoms with E-state index in [2.05, 4.69) is 20.3 Å². The number of benzene rings is 1. The minimum atomic E-state index is -0.241. The molecule has 3 heterocycles. The van der Waals surface area contributed by atoms with E-state index in [1.165, 1.54) is 6.07 Å². The van der Waals surface area contributed by atoms with Gasteiger partial charge in [0.25, 0.3) is 0 Å². The monoisotopic (exact) mass is 283 g/mol. The summed E-state index contributed by atoms with van der Waals surface area (Å²) >= 11 is 0. The average Bonchev–Trinajstić information content (AvgIpc) is 2.94. The normalized spacial score (nSPS) is 12.8. The zero-order chi connectivity index (χ0) is 14.6. The number of imidazole rings is 1.